The predicted octanol–water partition coefficient (Wildman–Crippen LogP) is 5.27. The number of methoxy groups -OCH3 is 2. The normalized spacial score (nSPS) is 39.0. The van der Waals surface area contributed by atoms with Crippen molar-refractivity contribution < 1.29 is 76.3 Å². The van der Waals surface area contributed by atoms with E-state index in [1.54, 1.807) is 78.0 Å². The molecule has 3 saturated carbocycles. The fourth-order valence-electron chi connectivity index (χ4n) is 13.5. The summed E-state index contributed by atoms with van der Waals surface area (Å²) < 4.78 is 49.3. The third kappa shape index (κ3) is 6.83. The van der Waals surface area contributed by atoms with E-state index in [4.69, 9.17) is 37.9 Å². The molecule has 14 unspecified atom stereocenters. The number of fused-ring (bicyclic) bond motifs is 3. The molecule has 1 aliphatic heterocycles. The first-order valence-electron chi connectivity index (χ1n) is 21.4. The van der Waals surface area contributed by atoms with Crippen molar-refractivity contribution in [1.29, 1.82) is 0 Å². The number of hydrogen-bond acceptors (Lipinski definition) is 16. The minimum absolute atomic E-state index is 0.0124. The molecule has 0 amide bonds. The number of hydrogen-bond donors (Lipinski definition) is 0. The molecular formula is C47H60O16. The van der Waals surface area contributed by atoms with Gasteiger partial charge in [-0.1, -0.05) is 44.5 Å². The Hall–Kier alpha value is -5.28. The lowest BCUT2D eigenvalue weighted by Crippen LogP contribution is -2.76. The van der Waals surface area contributed by atoms with Gasteiger partial charge in [0.2, 0.25) is 0 Å². The number of carbonyl (C=O) groups excluding carboxylic acids is 8. The monoisotopic (exact) mass is 880 g/mol. The minimum atomic E-state index is -1.83. The Kier molecular flexibility index (Phi) is 12.3. The number of carbonyl (C=O) groups is 8. The predicted molar refractivity (Wildman–Crippen MR) is 219 cm³/mol. The lowest BCUT2D eigenvalue weighted by molar-refractivity contribution is -0.281. The Bertz CT molecular complexity index is 2110. The van der Waals surface area contributed by atoms with Crippen molar-refractivity contribution in [3.05, 3.63) is 47.5 Å². The first-order chi connectivity index (χ1) is 29.4. The molecule has 5 aliphatic rings. The van der Waals surface area contributed by atoms with Crippen molar-refractivity contribution in [3.8, 4) is 0 Å². The van der Waals surface area contributed by atoms with E-state index < -0.39 is 142 Å². The van der Waals surface area contributed by atoms with Gasteiger partial charge in [-0.15, -0.1) is 0 Å². The van der Waals surface area contributed by atoms with Gasteiger partial charge >= 0.3 is 47.8 Å². The van der Waals surface area contributed by atoms with Gasteiger partial charge in [0.1, 0.15) is 36.6 Å². The zero-order valence-electron chi connectivity index (χ0n) is 38.2. The third-order valence-corrected chi connectivity index (χ3v) is 15.9. The smallest absolute Gasteiger partial charge is 0.338 e. The molecule has 1 heterocycles. The van der Waals surface area contributed by atoms with Crippen LogP contribution in [-0.2, 0) is 71.5 Å². The largest absolute Gasteiger partial charge is 0.469 e. The van der Waals surface area contributed by atoms with Gasteiger partial charge in [-0.2, -0.15) is 0 Å². The van der Waals surface area contributed by atoms with Crippen LogP contribution in [0.15, 0.2) is 42.0 Å². The molecule has 16 nitrogen and oxygen atoms in total. The van der Waals surface area contributed by atoms with E-state index in [1.165, 1.54) is 41.9 Å². The Morgan fingerprint density at radius 2 is 1.44 bits per heavy atom. The molecule has 16 heteroatoms. The van der Waals surface area contributed by atoms with Crippen LogP contribution in [0.1, 0.15) is 105 Å². The van der Waals surface area contributed by atoms with Crippen LogP contribution >= 0.6 is 0 Å². The van der Waals surface area contributed by atoms with Gasteiger partial charge < -0.3 is 37.9 Å². The van der Waals surface area contributed by atoms with Crippen molar-refractivity contribution in [2.24, 2.45) is 50.7 Å². The SMILES string of the molecule is COC(=O)CC1C(C)(C(C)C(=O)OC)CC(OC(=O)c2ccccc2)C2C1(COC(C)=O)C(OC(C)=O)C(C)C21C(C)=CC(OC(C)=O)C2(C)C(OC(C)=O)CC3(C)CC21OC3=O. The highest BCUT2D eigenvalue weighted by Gasteiger charge is 2.90. The van der Waals surface area contributed by atoms with Crippen LogP contribution in [0.5, 0.6) is 0 Å². The molecule has 1 aromatic carbocycles. The maximum atomic E-state index is 14.7. The fourth-order valence-corrected chi connectivity index (χ4v) is 13.5. The van der Waals surface area contributed by atoms with Gasteiger partial charge in [0.25, 0.3) is 0 Å². The van der Waals surface area contributed by atoms with Crippen molar-refractivity contribution >= 4 is 47.8 Å². The van der Waals surface area contributed by atoms with Crippen LogP contribution in [0.25, 0.3) is 0 Å². The van der Waals surface area contributed by atoms with E-state index in [-0.39, 0.29) is 24.8 Å². The minimum Gasteiger partial charge on any atom is -0.469 e. The molecule has 0 radical (unpaired) electrons. The number of ether oxygens (including phenoxy) is 8. The summed E-state index contributed by atoms with van der Waals surface area (Å²) in [6.45, 7) is 14.7. The second-order valence-electron chi connectivity index (χ2n) is 19.1. The fraction of sp³-hybridized carbons (Fsp3) is 0.660. The van der Waals surface area contributed by atoms with Gasteiger partial charge in [0.05, 0.1) is 41.9 Å². The van der Waals surface area contributed by atoms with Gasteiger partial charge in [-0.05, 0) is 56.7 Å². The summed E-state index contributed by atoms with van der Waals surface area (Å²) in [4.78, 5) is 110. The average Bonchev–Trinajstić information content (AvgIpc) is 3.58. The summed E-state index contributed by atoms with van der Waals surface area (Å²) in [6.07, 6.45) is -3.81. The Labute approximate surface area is 367 Å². The Balaban J connectivity index is 1.84. The van der Waals surface area contributed by atoms with Crippen molar-refractivity contribution in [2.75, 3.05) is 20.8 Å². The molecule has 4 fully saturated rings. The van der Waals surface area contributed by atoms with Crippen LogP contribution in [0.3, 0.4) is 0 Å². The zero-order valence-corrected chi connectivity index (χ0v) is 38.2. The molecule has 4 aliphatic carbocycles. The molecule has 1 aromatic rings. The zero-order chi connectivity index (χ0) is 46.8. The molecule has 14 atom stereocenters. The molecule has 344 valence electrons. The topological polar surface area (TPSA) is 210 Å². The van der Waals surface area contributed by atoms with Crippen LogP contribution in [0.2, 0.25) is 0 Å². The third-order valence-electron chi connectivity index (χ3n) is 15.9. The highest BCUT2D eigenvalue weighted by Crippen LogP contribution is 2.82. The molecule has 2 bridgehead atoms. The summed E-state index contributed by atoms with van der Waals surface area (Å²) in [6, 6.07) is 8.20. The first-order valence-corrected chi connectivity index (χ1v) is 21.4. The second kappa shape index (κ2) is 16.4. The van der Waals surface area contributed by atoms with Crippen LogP contribution in [-0.4, -0.2) is 98.6 Å². The maximum Gasteiger partial charge on any atom is 0.338 e. The molecule has 6 rings (SSSR count). The summed E-state index contributed by atoms with van der Waals surface area (Å²) in [5, 5.41) is 0. The quantitative estimate of drug-likeness (QED) is 0.157. The van der Waals surface area contributed by atoms with E-state index in [2.05, 4.69) is 0 Å². The number of benzene rings is 1. The maximum absolute atomic E-state index is 14.7. The van der Waals surface area contributed by atoms with Crippen molar-refractivity contribution in [2.45, 2.75) is 125 Å². The first kappa shape index (κ1) is 47.2. The van der Waals surface area contributed by atoms with E-state index in [0.717, 1.165) is 0 Å². The molecular weight excluding hydrogens is 821 g/mol. The number of rotatable bonds is 11. The lowest BCUT2D eigenvalue weighted by Gasteiger charge is -2.68. The lowest BCUT2D eigenvalue weighted by atomic mass is 9.37. The summed E-state index contributed by atoms with van der Waals surface area (Å²) in [7, 11) is 2.43. The van der Waals surface area contributed by atoms with Gasteiger partial charge in [0.15, 0.2) is 0 Å². The summed E-state index contributed by atoms with van der Waals surface area (Å²) >= 11 is 0. The van der Waals surface area contributed by atoms with Crippen molar-refractivity contribution in [3.63, 3.8) is 0 Å². The highest BCUT2D eigenvalue weighted by atomic mass is 16.6. The van der Waals surface area contributed by atoms with Crippen LogP contribution in [0.4, 0.5) is 0 Å². The van der Waals surface area contributed by atoms with Gasteiger partial charge in [0, 0.05) is 64.2 Å². The molecule has 0 N–H and O–H groups in total. The standard InChI is InChI=1S/C47H60O16/c1-24-18-34(59-28(5)49)44(10)35(60-29(6)50)21-42(8)22-46(44,63-41(42)55)47(24)25(2)38(61-30(7)51)45(23-58-27(4)48)33(19-36(52)56-11)43(9,26(3)39(53)57-12)20-32(37(45)47)62-40(54)31-16-14-13-15-17-31/h13-18,25-26,32-35,37-38H,19-23H2,1-12H3. The Morgan fingerprint density at radius 3 is 2.00 bits per heavy atom. The molecule has 2 spiro atoms. The van der Waals surface area contributed by atoms with E-state index in [0.29, 0.717) is 5.57 Å². The van der Waals surface area contributed by atoms with Crippen LogP contribution < -0.4 is 0 Å². The van der Waals surface area contributed by atoms with E-state index in [9.17, 15) is 38.4 Å². The highest BCUT2D eigenvalue weighted by molar-refractivity contribution is 5.89. The molecule has 1 saturated heterocycles. The summed E-state index contributed by atoms with van der Waals surface area (Å²) in [5.74, 6) is -9.89. The second-order valence-corrected chi connectivity index (χ2v) is 19.1. The molecule has 0 aromatic heterocycles. The summed E-state index contributed by atoms with van der Waals surface area (Å²) in [5.41, 5.74) is -8.87. The van der Waals surface area contributed by atoms with E-state index >= 15 is 0 Å². The van der Waals surface area contributed by atoms with Gasteiger partial charge in [-0.3, -0.25) is 33.6 Å². The van der Waals surface area contributed by atoms with Crippen LogP contribution in [0, 0.1) is 50.7 Å². The van der Waals surface area contributed by atoms with Gasteiger partial charge in [-0.25, -0.2) is 4.79 Å². The molecule has 63 heavy (non-hydrogen) atoms. The number of esters is 8. The Morgan fingerprint density at radius 1 is 0.825 bits per heavy atom. The van der Waals surface area contributed by atoms with Crippen molar-refractivity contribution in [1.82, 2.24) is 0 Å². The average molecular weight is 881 g/mol. The van der Waals surface area contributed by atoms with E-state index in [1.807, 2.05) is 0 Å².